The molecule has 2 N–H and O–H groups in total. The first-order valence-corrected chi connectivity index (χ1v) is 17.9. The molecule has 1 aliphatic rings. The number of amides is 1. The zero-order valence-corrected chi connectivity index (χ0v) is 31.6. The van der Waals surface area contributed by atoms with Crippen LogP contribution in [0.25, 0.3) is 22.6 Å². The second kappa shape index (κ2) is 17.7. The van der Waals surface area contributed by atoms with E-state index in [1.807, 2.05) is 79.7 Å². The summed E-state index contributed by atoms with van der Waals surface area (Å²) >= 11 is 0. The Morgan fingerprint density at radius 2 is 1.31 bits per heavy atom. The Morgan fingerprint density at radius 1 is 0.630 bits per heavy atom. The summed E-state index contributed by atoms with van der Waals surface area (Å²) in [7, 11) is 7.93. The fraction of sp³-hybridized carbons (Fsp3) is 0.333. The number of nitrogens with one attached hydrogen (secondary N) is 2. The van der Waals surface area contributed by atoms with Crippen molar-refractivity contribution in [2.24, 2.45) is 0 Å². The molecule has 0 fully saturated rings. The minimum absolute atomic E-state index is 0.107. The maximum atomic E-state index is 12.7. The number of unbranched alkanes of at least 4 members (excludes halogenated alkanes) is 4. The second-order valence-electron chi connectivity index (χ2n) is 12.8. The molecule has 1 amide bonds. The van der Waals surface area contributed by atoms with E-state index in [1.165, 1.54) is 0 Å². The van der Waals surface area contributed by atoms with E-state index in [-0.39, 0.29) is 12.1 Å². The van der Waals surface area contributed by atoms with Gasteiger partial charge in [0.1, 0.15) is 11.9 Å². The number of ether oxygens (including phenoxy) is 7. The van der Waals surface area contributed by atoms with E-state index in [2.05, 4.69) is 15.8 Å². The average molecular weight is 738 g/mol. The highest BCUT2D eigenvalue weighted by atomic mass is 16.5. The lowest BCUT2D eigenvalue weighted by molar-refractivity contribution is 0.0935. The zero-order chi connectivity index (χ0) is 38.0. The Morgan fingerprint density at radius 3 is 2.00 bits per heavy atom. The molecular weight excluding hydrogens is 690 g/mol. The smallest absolute Gasteiger partial charge is 0.255 e. The number of carbonyl (C=O) groups is 1. The SMILES string of the molecule is COc1cc(C2NC(=O)c3cc(C)ccc3N2)ccc1OCCCCCCCOc1cccc(-c2cc(-c3cc(OC)c(OC)c(OC)c3)on2)c1OC. The molecule has 0 radical (unpaired) electrons. The summed E-state index contributed by atoms with van der Waals surface area (Å²) in [5.41, 5.74) is 5.45. The number of hydrogen-bond acceptors (Lipinski definition) is 11. The molecule has 4 aromatic carbocycles. The van der Waals surface area contributed by atoms with E-state index in [4.69, 9.17) is 37.7 Å². The van der Waals surface area contributed by atoms with Crippen molar-refractivity contribution in [1.29, 1.82) is 0 Å². The Bertz CT molecular complexity index is 2040. The van der Waals surface area contributed by atoms with Gasteiger partial charge in [-0.25, -0.2) is 0 Å². The van der Waals surface area contributed by atoms with Crippen LogP contribution in [0.3, 0.4) is 0 Å². The standard InChI is InChI=1S/C42H47N3O9/c1-26-15-17-31-30(21-26)42(46)44-41(43-31)27-16-18-33(36(22-27)47-2)52-19-10-8-7-9-11-20-53-34-14-12-13-29(39(34)50-5)32-25-35(54-45-32)28-23-37(48-3)40(51-6)38(24-28)49-4/h12-18,21-25,41,43H,7-11,19-20H2,1-6H3,(H,44,46). The second-order valence-corrected chi connectivity index (χ2v) is 12.8. The van der Waals surface area contributed by atoms with Crippen LogP contribution in [0.5, 0.6) is 40.2 Å². The van der Waals surface area contributed by atoms with Gasteiger partial charge < -0.3 is 48.3 Å². The highest BCUT2D eigenvalue weighted by molar-refractivity contribution is 6.02. The van der Waals surface area contributed by atoms with E-state index in [1.54, 1.807) is 35.5 Å². The molecule has 12 heteroatoms. The summed E-state index contributed by atoms with van der Waals surface area (Å²) in [6.45, 7) is 3.10. The summed E-state index contributed by atoms with van der Waals surface area (Å²) < 4.78 is 45.8. The molecular formula is C42H47N3O9. The number of anilines is 1. The van der Waals surface area contributed by atoms with Gasteiger partial charge in [0.25, 0.3) is 5.91 Å². The number of benzene rings is 4. The highest BCUT2D eigenvalue weighted by Crippen LogP contribution is 2.43. The molecule has 5 aromatic rings. The molecule has 0 saturated carbocycles. The summed E-state index contributed by atoms with van der Waals surface area (Å²) in [6.07, 6.45) is 4.54. The Hall–Kier alpha value is -6.04. The van der Waals surface area contributed by atoms with Crippen LogP contribution in [0.15, 0.2) is 77.3 Å². The molecule has 2 heterocycles. The first kappa shape index (κ1) is 37.7. The van der Waals surface area contributed by atoms with E-state index in [9.17, 15) is 4.79 Å². The van der Waals surface area contributed by atoms with Crippen molar-refractivity contribution >= 4 is 11.6 Å². The van der Waals surface area contributed by atoms with Crippen molar-refractivity contribution in [3.8, 4) is 62.8 Å². The summed E-state index contributed by atoms with van der Waals surface area (Å²) in [6, 6.07) is 22.7. The van der Waals surface area contributed by atoms with Crippen LogP contribution in [-0.4, -0.2) is 59.8 Å². The first-order chi connectivity index (χ1) is 26.4. The van der Waals surface area contributed by atoms with E-state index < -0.39 is 0 Å². The van der Waals surface area contributed by atoms with Crippen LogP contribution in [-0.2, 0) is 0 Å². The van der Waals surface area contributed by atoms with Crippen molar-refractivity contribution in [3.63, 3.8) is 0 Å². The molecule has 1 atom stereocenters. The third-order valence-corrected chi connectivity index (χ3v) is 9.24. The van der Waals surface area contributed by atoms with Crippen LogP contribution in [0, 0.1) is 6.92 Å². The molecule has 6 rings (SSSR count). The topological polar surface area (TPSA) is 132 Å². The van der Waals surface area contributed by atoms with Crippen LogP contribution < -0.4 is 43.8 Å². The number of aromatic nitrogens is 1. The van der Waals surface area contributed by atoms with Gasteiger partial charge in [-0.05, 0) is 73.9 Å². The maximum absolute atomic E-state index is 12.7. The number of nitrogens with zero attached hydrogens (tertiary/aromatic N) is 1. The summed E-state index contributed by atoms with van der Waals surface area (Å²) in [5.74, 6) is 4.48. The van der Waals surface area contributed by atoms with Crippen molar-refractivity contribution in [2.45, 2.75) is 45.2 Å². The number of aryl methyl sites for hydroxylation is 1. The zero-order valence-electron chi connectivity index (χ0n) is 31.6. The van der Waals surface area contributed by atoms with E-state index >= 15 is 0 Å². The molecule has 54 heavy (non-hydrogen) atoms. The lowest BCUT2D eigenvalue weighted by Gasteiger charge is -2.28. The fourth-order valence-electron chi connectivity index (χ4n) is 6.42. The number of para-hydroxylation sites is 1. The number of carbonyl (C=O) groups excluding carboxylic acids is 1. The molecule has 284 valence electrons. The largest absolute Gasteiger partial charge is 0.493 e. The van der Waals surface area contributed by atoms with E-state index in [0.717, 1.165) is 60.0 Å². The quantitative estimate of drug-likeness (QED) is 0.0838. The predicted molar refractivity (Wildman–Crippen MR) is 206 cm³/mol. The van der Waals surface area contributed by atoms with Crippen LogP contribution in [0.1, 0.15) is 59.8 Å². The van der Waals surface area contributed by atoms with Crippen LogP contribution in [0.2, 0.25) is 0 Å². The predicted octanol–water partition coefficient (Wildman–Crippen LogP) is 8.62. The Kier molecular flexibility index (Phi) is 12.3. The van der Waals surface area contributed by atoms with Gasteiger partial charge >= 0.3 is 0 Å². The normalized spacial score (nSPS) is 13.3. The van der Waals surface area contributed by atoms with Gasteiger partial charge in [0.15, 0.2) is 40.3 Å². The van der Waals surface area contributed by atoms with E-state index in [0.29, 0.717) is 70.5 Å². The number of rotatable bonds is 18. The summed E-state index contributed by atoms with van der Waals surface area (Å²) in [4.78, 5) is 12.7. The fourth-order valence-corrected chi connectivity index (χ4v) is 6.42. The third-order valence-electron chi connectivity index (χ3n) is 9.24. The molecule has 0 aliphatic carbocycles. The summed E-state index contributed by atoms with van der Waals surface area (Å²) in [5, 5.41) is 10.7. The van der Waals surface area contributed by atoms with Gasteiger partial charge in [-0.15, -0.1) is 0 Å². The van der Waals surface area contributed by atoms with Crippen molar-refractivity contribution in [2.75, 3.05) is 54.1 Å². The molecule has 1 unspecified atom stereocenters. The minimum atomic E-state index is -0.368. The molecule has 1 aliphatic heterocycles. The van der Waals surface area contributed by atoms with Gasteiger partial charge in [0.05, 0.1) is 54.3 Å². The maximum Gasteiger partial charge on any atom is 0.255 e. The average Bonchev–Trinajstić information content (AvgIpc) is 3.70. The van der Waals surface area contributed by atoms with Gasteiger partial charge in [-0.3, -0.25) is 4.79 Å². The van der Waals surface area contributed by atoms with Crippen molar-refractivity contribution in [3.05, 3.63) is 89.5 Å². The number of methoxy groups -OCH3 is 5. The minimum Gasteiger partial charge on any atom is -0.493 e. The Balaban J connectivity index is 0.951. The third kappa shape index (κ3) is 8.43. The molecule has 0 spiro atoms. The molecule has 1 aromatic heterocycles. The number of fused-ring (bicyclic) bond motifs is 1. The van der Waals surface area contributed by atoms with Crippen LogP contribution in [0.4, 0.5) is 5.69 Å². The van der Waals surface area contributed by atoms with Gasteiger partial charge in [-0.1, -0.05) is 48.2 Å². The lowest BCUT2D eigenvalue weighted by atomic mass is 10.0. The van der Waals surface area contributed by atoms with Crippen LogP contribution >= 0.6 is 0 Å². The molecule has 0 saturated heterocycles. The van der Waals surface area contributed by atoms with Crippen molar-refractivity contribution < 1.29 is 42.5 Å². The molecule has 0 bridgehead atoms. The molecule has 12 nitrogen and oxygen atoms in total. The lowest BCUT2D eigenvalue weighted by Crippen LogP contribution is -2.38. The number of hydrogen-bond donors (Lipinski definition) is 2. The monoisotopic (exact) mass is 737 g/mol. The van der Waals surface area contributed by atoms with Gasteiger partial charge in [0.2, 0.25) is 5.75 Å². The van der Waals surface area contributed by atoms with Gasteiger partial charge in [0, 0.05) is 22.9 Å². The van der Waals surface area contributed by atoms with Crippen molar-refractivity contribution in [1.82, 2.24) is 10.5 Å². The first-order valence-electron chi connectivity index (χ1n) is 17.9. The highest BCUT2D eigenvalue weighted by Gasteiger charge is 2.26. The Labute approximate surface area is 315 Å². The van der Waals surface area contributed by atoms with Gasteiger partial charge in [-0.2, -0.15) is 0 Å².